The minimum atomic E-state index is -6.00. The first-order valence-corrected chi connectivity index (χ1v) is 14.7. The van der Waals surface area contributed by atoms with Crippen LogP contribution in [0.5, 0.6) is 0 Å². The molecule has 0 spiro atoms. The van der Waals surface area contributed by atoms with Crippen molar-refractivity contribution in [3.8, 4) is 0 Å². The van der Waals surface area contributed by atoms with Gasteiger partial charge in [-0.05, 0) is 68.1 Å². The van der Waals surface area contributed by atoms with Gasteiger partial charge in [0.25, 0.3) is 0 Å². The van der Waals surface area contributed by atoms with Crippen LogP contribution in [-0.4, -0.2) is 13.0 Å². The molecule has 0 N–H and O–H groups in total. The summed E-state index contributed by atoms with van der Waals surface area (Å²) < 4.78 is 39.0. The molecule has 42 heavy (non-hydrogen) atoms. The molecule has 0 aliphatic heterocycles. The van der Waals surface area contributed by atoms with Crippen molar-refractivity contribution in [3.63, 3.8) is 0 Å². The van der Waals surface area contributed by atoms with Crippen molar-refractivity contribution < 1.29 is 37.7 Å². The number of hydrogen-bond acceptors (Lipinski definition) is 2. The molecule has 0 unspecified atom stereocenters. The van der Waals surface area contributed by atoms with Crippen molar-refractivity contribution in [1.82, 2.24) is 5.59 Å². The largest absolute Gasteiger partial charge is 0.673 e. The standard InChI is InChI=1S/C18H15P.C9H10S.C5H5.BF4.NO.Re/c1-4-10-16(11-5-1)19(17-12-6-2-7-13-17)18-14-8-3-9-15-18;1-2-8-10-9-6-4-3-5-7-9;1-2-4-5-3-1;2-1(3,4)5;1-2;/h1-15H;2-7H,1,8H2;1-5H;;;/q;;;-1;;. The molecule has 10 heteroatoms. The van der Waals surface area contributed by atoms with E-state index in [0.717, 1.165) is 5.75 Å². The van der Waals surface area contributed by atoms with Gasteiger partial charge in [-0.2, -0.15) is 0 Å². The number of rotatable bonds is 6. The monoisotopic (exact) mass is 781 g/mol. The van der Waals surface area contributed by atoms with Crippen molar-refractivity contribution in [1.29, 1.82) is 0 Å². The second kappa shape index (κ2) is 25.0. The minimum Gasteiger partial charge on any atom is -0.418 e. The maximum absolute atomic E-state index is 9.75. The Morgan fingerprint density at radius 2 is 0.857 bits per heavy atom. The number of hydrogen-bond donors (Lipinski definition) is 0. The summed E-state index contributed by atoms with van der Waals surface area (Å²) in [4.78, 5) is 8.56. The van der Waals surface area contributed by atoms with Gasteiger partial charge in [0.05, 0.1) is 0 Å². The maximum Gasteiger partial charge on any atom is 0.673 e. The summed E-state index contributed by atoms with van der Waals surface area (Å²) in [7, 11) is -6.45. The van der Waals surface area contributed by atoms with Gasteiger partial charge in [0.15, 0.2) is 0 Å². The molecule has 1 fully saturated rings. The quantitative estimate of drug-likeness (QED) is 0.0650. The molecule has 1 aliphatic carbocycles. The van der Waals surface area contributed by atoms with Crippen LogP contribution in [-0.2, 0) is 20.4 Å². The molecule has 7 radical (unpaired) electrons. The molecule has 1 aliphatic rings. The summed E-state index contributed by atoms with van der Waals surface area (Å²) in [6.45, 7) is 3.65. The average Bonchev–Trinajstić information content (AvgIpc) is 3.60. The van der Waals surface area contributed by atoms with E-state index in [1.807, 2.05) is 56.4 Å². The SMILES string of the molecule is C=CCSc1ccccc1.F[B-](F)(F)F.[CH]1[CH][CH][CH][CH]1.[N]=O.[Re].c1ccc(P(c2ccccc2)c2ccccc2)cc1. The Balaban J connectivity index is 0.000000612. The molecular weight excluding hydrogens is 750 g/mol. The van der Waals surface area contributed by atoms with Crippen LogP contribution < -0.4 is 21.5 Å². The number of thioether (sulfide) groups is 1. The number of nitroso groups, excluding NO2 is 1. The Kier molecular flexibility index (Phi) is 23.5. The van der Waals surface area contributed by atoms with Crippen LogP contribution in [0.25, 0.3) is 0 Å². The topological polar surface area (TPSA) is 39.4 Å². The van der Waals surface area contributed by atoms with E-state index in [9.17, 15) is 17.3 Å². The van der Waals surface area contributed by atoms with Crippen molar-refractivity contribution in [2.24, 2.45) is 0 Å². The minimum absolute atomic E-state index is 0. The molecule has 0 bridgehead atoms. The third kappa shape index (κ3) is 19.5. The first-order valence-electron chi connectivity index (χ1n) is 12.3. The van der Waals surface area contributed by atoms with E-state index in [1.165, 1.54) is 20.8 Å². The zero-order valence-corrected chi connectivity index (χ0v) is 27.0. The van der Waals surface area contributed by atoms with E-state index in [1.54, 1.807) is 11.8 Å². The van der Waals surface area contributed by atoms with E-state index in [-0.39, 0.29) is 20.4 Å². The first kappa shape index (κ1) is 39.4. The molecule has 219 valence electrons. The Labute approximate surface area is 266 Å². The molecule has 0 heterocycles. The van der Waals surface area contributed by atoms with Crippen molar-refractivity contribution >= 4 is 42.9 Å². The predicted octanol–water partition coefficient (Wildman–Crippen LogP) is 8.28. The molecule has 0 saturated heterocycles. The molecule has 1 saturated carbocycles. The summed E-state index contributed by atoms with van der Waals surface area (Å²) in [6.07, 6.45) is 11.9. The molecule has 2 nitrogen and oxygen atoms in total. The predicted molar refractivity (Wildman–Crippen MR) is 170 cm³/mol. The van der Waals surface area contributed by atoms with Gasteiger partial charge in [0.2, 0.25) is 0 Å². The van der Waals surface area contributed by atoms with Crippen LogP contribution in [0.4, 0.5) is 17.3 Å². The van der Waals surface area contributed by atoms with Gasteiger partial charge in [-0.1, -0.05) is 115 Å². The van der Waals surface area contributed by atoms with E-state index in [0.29, 0.717) is 0 Å². The van der Waals surface area contributed by atoms with E-state index >= 15 is 0 Å². The Morgan fingerprint density at radius 1 is 0.595 bits per heavy atom. The second-order valence-corrected chi connectivity index (χ2v) is 11.0. The van der Waals surface area contributed by atoms with E-state index in [4.69, 9.17) is 10.5 Å². The van der Waals surface area contributed by atoms with Crippen LogP contribution in [0.1, 0.15) is 0 Å². The molecule has 0 amide bonds. The fourth-order valence-corrected chi connectivity index (χ4v) is 6.14. The summed E-state index contributed by atoms with van der Waals surface area (Å²) in [5.74, 6) is 0.990. The summed E-state index contributed by atoms with van der Waals surface area (Å²) in [6, 6.07) is 42.7. The molecule has 5 rings (SSSR count). The normalized spacial score (nSPS) is 11.4. The summed E-state index contributed by atoms with van der Waals surface area (Å²) >= 11 is 1.80. The van der Waals surface area contributed by atoms with Crippen molar-refractivity contribution in [2.75, 3.05) is 5.75 Å². The number of benzene rings is 4. The number of halogens is 4. The maximum atomic E-state index is 9.75. The molecule has 4 aromatic rings. The van der Waals surface area contributed by atoms with Crippen LogP contribution in [0.2, 0.25) is 0 Å². The Hall–Kier alpha value is -2.55. The Bertz CT molecular complexity index is 1070. The van der Waals surface area contributed by atoms with Crippen LogP contribution in [0, 0.1) is 37.0 Å². The second-order valence-electron chi connectivity index (χ2n) is 7.71. The molecular formula is C32H30BF4NOPReS-. The number of nitrogens with zero attached hydrogens (tertiary/aromatic N) is 1. The fourth-order valence-electron chi connectivity index (χ4n) is 3.17. The van der Waals surface area contributed by atoms with Gasteiger partial charge >= 0.3 is 7.25 Å². The summed E-state index contributed by atoms with van der Waals surface area (Å²) in [5.41, 5.74) is 5.75. The van der Waals surface area contributed by atoms with Gasteiger partial charge in [-0.25, -0.2) is 0 Å². The van der Waals surface area contributed by atoms with Crippen molar-refractivity contribution in [2.45, 2.75) is 4.90 Å². The smallest absolute Gasteiger partial charge is 0.418 e. The zero-order chi connectivity index (χ0) is 30.2. The van der Waals surface area contributed by atoms with E-state index in [2.05, 4.69) is 110 Å². The third-order valence-electron chi connectivity index (χ3n) is 4.71. The third-order valence-corrected chi connectivity index (χ3v) is 8.16. The zero-order valence-electron chi connectivity index (χ0n) is 22.6. The molecule has 0 aromatic heterocycles. The van der Waals surface area contributed by atoms with Gasteiger partial charge in [-0.15, -0.1) is 23.2 Å². The van der Waals surface area contributed by atoms with E-state index < -0.39 is 15.2 Å². The fraction of sp³-hybridized carbons (Fsp3) is 0.0312. The van der Waals surface area contributed by atoms with Crippen LogP contribution >= 0.6 is 19.7 Å². The first-order chi connectivity index (χ1) is 19.9. The Morgan fingerprint density at radius 3 is 1.12 bits per heavy atom. The summed E-state index contributed by atoms with van der Waals surface area (Å²) in [5, 5.41) is 4.19. The van der Waals surface area contributed by atoms with Gasteiger partial charge in [0, 0.05) is 31.1 Å². The van der Waals surface area contributed by atoms with Crippen molar-refractivity contribution in [3.05, 3.63) is 171 Å². The van der Waals surface area contributed by atoms with Gasteiger partial charge < -0.3 is 17.3 Å². The van der Waals surface area contributed by atoms with Crippen LogP contribution in [0.3, 0.4) is 0 Å². The van der Waals surface area contributed by atoms with Gasteiger partial charge in [0.1, 0.15) is 5.59 Å². The van der Waals surface area contributed by atoms with Gasteiger partial charge in [-0.3, -0.25) is 0 Å². The molecule has 0 atom stereocenters. The van der Waals surface area contributed by atoms with Crippen LogP contribution in [0.15, 0.2) is 139 Å². The molecule has 4 aromatic carbocycles. The average molecular weight is 781 g/mol.